The molecule has 0 unspecified atom stereocenters. The highest BCUT2D eigenvalue weighted by Crippen LogP contribution is 2.27. The summed E-state index contributed by atoms with van der Waals surface area (Å²) in [6.45, 7) is 4.29. The fourth-order valence-corrected chi connectivity index (χ4v) is 1.77. The van der Waals surface area contributed by atoms with Crippen LogP contribution in [0.3, 0.4) is 0 Å². The third-order valence-corrected chi connectivity index (χ3v) is 3.13. The molecule has 1 saturated carbocycles. The highest BCUT2D eigenvalue weighted by molar-refractivity contribution is 4.90. The van der Waals surface area contributed by atoms with Crippen LogP contribution in [-0.2, 0) is 13.6 Å². The molecule has 0 aromatic carbocycles. The van der Waals surface area contributed by atoms with Crippen LogP contribution >= 0.6 is 0 Å². The molecular weight excluding hydrogens is 200 g/mol. The number of rotatable bonds is 7. The Morgan fingerprint density at radius 1 is 1.56 bits per heavy atom. The Bertz CT molecular complexity index is 317. The van der Waals surface area contributed by atoms with E-state index in [4.69, 9.17) is 0 Å². The van der Waals surface area contributed by atoms with Gasteiger partial charge in [-0.15, -0.1) is 0 Å². The molecule has 0 atom stereocenters. The molecule has 0 bridgehead atoms. The van der Waals surface area contributed by atoms with Crippen molar-refractivity contribution in [1.29, 1.82) is 0 Å². The minimum atomic E-state index is 0.925. The maximum atomic E-state index is 4.32. The lowest BCUT2D eigenvalue weighted by Gasteiger charge is -2.16. The summed E-state index contributed by atoms with van der Waals surface area (Å²) >= 11 is 0. The van der Waals surface area contributed by atoms with Crippen LogP contribution in [0.4, 0.5) is 0 Å². The molecule has 1 aromatic heterocycles. The summed E-state index contributed by atoms with van der Waals surface area (Å²) in [5.74, 6) is 2.10. The van der Waals surface area contributed by atoms with Crippen molar-refractivity contribution in [2.75, 3.05) is 26.7 Å². The predicted molar refractivity (Wildman–Crippen MR) is 65.1 cm³/mol. The molecule has 1 aromatic rings. The van der Waals surface area contributed by atoms with E-state index in [1.807, 2.05) is 19.4 Å². The molecule has 1 fully saturated rings. The summed E-state index contributed by atoms with van der Waals surface area (Å²) in [4.78, 5) is 6.63. The van der Waals surface area contributed by atoms with E-state index in [0.29, 0.717) is 0 Å². The summed E-state index contributed by atoms with van der Waals surface area (Å²) in [6, 6.07) is 0. The number of imidazole rings is 1. The van der Waals surface area contributed by atoms with E-state index < -0.39 is 0 Å². The SMILES string of the molecule is CN(CCNCC1CC1)Cc1nccn1C. The van der Waals surface area contributed by atoms with Crippen LogP contribution in [0, 0.1) is 5.92 Å². The summed E-state index contributed by atoms with van der Waals surface area (Å²) in [7, 11) is 4.19. The first-order chi connectivity index (χ1) is 7.75. The monoisotopic (exact) mass is 222 g/mol. The predicted octanol–water partition coefficient (Wildman–Crippen LogP) is 0.851. The van der Waals surface area contributed by atoms with Gasteiger partial charge in [0.15, 0.2) is 0 Å². The molecule has 0 saturated heterocycles. The van der Waals surface area contributed by atoms with Gasteiger partial charge in [0.25, 0.3) is 0 Å². The Hall–Kier alpha value is -0.870. The van der Waals surface area contributed by atoms with Gasteiger partial charge in [0.1, 0.15) is 5.82 Å². The number of nitrogens with one attached hydrogen (secondary N) is 1. The number of nitrogens with zero attached hydrogens (tertiary/aromatic N) is 3. The quantitative estimate of drug-likeness (QED) is 0.694. The van der Waals surface area contributed by atoms with Crippen LogP contribution in [0.25, 0.3) is 0 Å². The molecule has 4 nitrogen and oxygen atoms in total. The molecule has 0 aliphatic heterocycles. The molecular formula is C12H22N4. The van der Waals surface area contributed by atoms with Crippen LogP contribution in [0.5, 0.6) is 0 Å². The van der Waals surface area contributed by atoms with E-state index in [1.165, 1.54) is 19.4 Å². The molecule has 1 N–H and O–H groups in total. The Labute approximate surface area is 97.7 Å². The van der Waals surface area contributed by atoms with Gasteiger partial charge in [-0.1, -0.05) is 0 Å². The fourth-order valence-electron chi connectivity index (χ4n) is 1.77. The van der Waals surface area contributed by atoms with Crippen LogP contribution in [0.2, 0.25) is 0 Å². The van der Waals surface area contributed by atoms with E-state index >= 15 is 0 Å². The van der Waals surface area contributed by atoms with Gasteiger partial charge < -0.3 is 9.88 Å². The lowest BCUT2D eigenvalue weighted by Crippen LogP contribution is -2.30. The van der Waals surface area contributed by atoms with Crippen molar-refractivity contribution in [2.45, 2.75) is 19.4 Å². The standard InChI is InChI=1S/C12H22N4/c1-15(7-5-13-9-11-3-4-11)10-12-14-6-8-16(12)2/h6,8,11,13H,3-5,7,9-10H2,1-2H3. The number of aromatic nitrogens is 2. The van der Waals surface area contributed by atoms with Crippen LogP contribution in [-0.4, -0.2) is 41.1 Å². The van der Waals surface area contributed by atoms with Crippen molar-refractivity contribution in [1.82, 2.24) is 19.8 Å². The number of likely N-dealkylation sites (N-methyl/N-ethyl adjacent to an activating group) is 1. The van der Waals surface area contributed by atoms with E-state index in [9.17, 15) is 0 Å². The molecule has 2 rings (SSSR count). The summed E-state index contributed by atoms with van der Waals surface area (Å²) in [5.41, 5.74) is 0. The van der Waals surface area contributed by atoms with Crippen LogP contribution in [0.15, 0.2) is 12.4 Å². The molecule has 1 aliphatic rings. The van der Waals surface area contributed by atoms with Crippen LogP contribution < -0.4 is 5.32 Å². The normalized spacial score (nSPS) is 15.9. The molecule has 90 valence electrons. The molecule has 1 aliphatic carbocycles. The topological polar surface area (TPSA) is 33.1 Å². The van der Waals surface area contributed by atoms with Gasteiger partial charge in [0.05, 0.1) is 6.54 Å². The Morgan fingerprint density at radius 3 is 3.00 bits per heavy atom. The lowest BCUT2D eigenvalue weighted by molar-refractivity contribution is 0.312. The van der Waals surface area contributed by atoms with E-state index in [-0.39, 0.29) is 0 Å². The van der Waals surface area contributed by atoms with Crippen LogP contribution in [0.1, 0.15) is 18.7 Å². The zero-order valence-electron chi connectivity index (χ0n) is 10.3. The number of aryl methyl sites for hydroxylation is 1. The largest absolute Gasteiger partial charge is 0.337 e. The molecule has 0 spiro atoms. The van der Waals surface area contributed by atoms with Gasteiger partial charge in [0, 0.05) is 32.5 Å². The number of hydrogen-bond donors (Lipinski definition) is 1. The third-order valence-electron chi connectivity index (χ3n) is 3.13. The summed E-state index contributed by atoms with van der Waals surface area (Å²) in [5, 5.41) is 3.50. The Morgan fingerprint density at radius 2 is 2.38 bits per heavy atom. The van der Waals surface area contributed by atoms with Gasteiger partial charge in [-0.25, -0.2) is 4.98 Å². The van der Waals surface area contributed by atoms with Crippen molar-refractivity contribution in [3.05, 3.63) is 18.2 Å². The second-order valence-corrected chi connectivity index (χ2v) is 4.84. The highest BCUT2D eigenvalue weighted by Gasteiger charge is 2.19. The molecule has 4 heteroatoms. The minimum absolute atomic E-state index is 0.925. The maximum absolute atomic E-state index is 4.32. The van der Waals surface area contributed by atoms with Crippen molar-refractivity contribution in [3.8, 4) is 0 Å². The second-order valence-electron chi connectivity index (χ2n) is 4.84. The zero-order valence-corrected chi connectivity index (χ0v) is 10.3. The zero-order chi connectivity index (χ0) is 11.4. The smallest absolute Gasteiger partial charge is 0.122 e. The molecule has 1 heterocycles. The van der Waals surface area contributed by atoms with Gasteiger partial charge >= 0.3 is 0 Å². The van der Waals surface area contributed by atoms with Crippen molar-refractivity contribution in [2.24, 2.45) is 13.0 Å². The van der Waals surface area contributed by atoms with Crippen molar-refractivity contribution >= 4 is 0 Å². The maximum Gasteiger partial charge on any atom is 0.122 e. The number of hydrogen-bond acceptors (Lipinski definition) is 3. The third kappa shape index (κ3) is 3.61. The summed E-state index contributed by atoms with van der Waals surface area (Å²) in [6.07, 6.45) is 6.70. The van der Waals surface area contributed by atoms with E-state index in [0.717, 1.165) is 31.4 Å². The summed E-state index contributed by atoms with van der Waals surface area (Å²) < 4.78 is 2.08. The highest BCUT2D eigenvalue weighted by atomic mass is 15.2. The first-order valence-corrected chi connectivity index (χ1v) is 6.11. The Balaban J connectivity index is 1.60. The molecule has 16 heavy (non-hydrogen) atoms. The first-order valence-electron chi connectivity index (χ1n) is 6.11. The fraction of sp³-hybridized carbons (Fsp3) is 0.750. The molecule has 0 amide bonds. The van der Waals surface area contributed by atoms with Crippen molar-refractivity contribution < 1.29 is 0 Å². The van der Waals surface area contributed by atoms with Gasteiger partial charge in [-0.2, -0.15) is 0 Å². The van der Waals surface area contributed by atoms with Crippen molar-refractivity contribution in [3.63, 3.8) is 0 Å². The van der Waals surface area contributed by atoms with Gasteiger partial charge in [-0.05, 0) is 32.4 Å². The first kappa shape index (κ1) is 11.6. The van der Waals surface area contributed by atoms with E-state index in [1.54, 1.807) is 0 Å². The molecule has 0 radical (unpaired) electrons. The van der Waals surface area contributed by atoms with Gasteiger partial charge in [-0.3, -0.25) is 4.90 Å². The second kappa shape index (κ2) is 5.46. The van der Waals surface area contributed by atoms with E-state index in [2.05, 4.69) is 26.8 Å². The Kier molecular flexibility index (Phi) is 3.96. The lowest BCUT2D eigenvalue weighted by atomic mass is 10.4. The average Bonchev–Trinajstić information content (AvgIpc) is 3.00. The average molecular weight is 222 g/mol. The minimum Gasteiger partial charge on any atom is -0.337 e. The van der Waals surface area contributed by atoms with Gasteiger partial charge in [0.2, 0.25) is 0 Å².